The number of aromatic nitrogens is 2. The molecule has 1 fully saturated rings. The van der Waals surface area contributed by atoms with Crippen molar-refractivity contribution in [1.82, 2.24) is 15.1 Å². The molecule has 1 aromatic heterocycles. The van der Waals surface area contributed by atoms with E-state index in [1.165, 1.54) is 0 Å². The number of carbonyl (C=O) groups excluding carboxylic acids is 1. The van der Waals surface area contributed by atoms with Gasteiger partial charge in [-0.3, -0.25) is 4.68 Å². The lowest BCUT2D eigenvalue weighted by molar-refractivity contribution is 0.156. The number of amides is 2. The number of anilines is 1. The minimum absolute atomic E-state index is 0.0519. The van der Waals surface area contributed by atoms with E-state index in [0.717, 1.165) is 36.9 Å². The van der Waals surface area contributed by atoms with Gasteiger partial charge in [-0.15, -0.1) is 0 Å². The molecule has 0 bridgehead atoms. The molecule has 2 atom stereocenters. The molecule has 0 radical (unpaired) electrons. The van der Waals surface area contributed by atoms with Crippen LogP contribution in [0.1, 0.15) is 31.2 Å². The molecule has 1 heterocycles. The predicted octanol–water partition coefficient (Wildman–Crippen LogP) is 2.60. The van der Waals surface area contributed by atoms with E-state index < -0.39 is 0 Å². The normalized spacial score (nSPS) is 20.5. The number of benzene rings is 1. The van der Waals surface area contributed by atoms with Gasteiger partial charge in [0.05, 0.1) is 6.54 Å². The van der Waals surface area contributed by atoms with Crippen molar-refractivity contribution < 1.29 is 9.90 Å². The van der Waals surface area contributed by atoms with E-state index in [0.29, 0.717) is 6.54 Å². The third-order valence-electron chi connectivity index (χ3n) is 4.55. The summed E-state index contributed by atoms with van der Waals surface area (Å²) in [5.74, 6) is 0.163. The molecule has 2 aromatic rings. The summed E-state index contributed by atoms with van der Waals surface area (Å²) in [5, 5.41) is 19.5. The van der Waals surface area contributed by atoms with Crippen LogP contribution in [0, 0.1) is 5.92 Å². The van der Waals surface area contributed by atoms with Gasteiger partial charge >= 0.3 is 6.03 Å². The lowest BCUT2D eigenvalue weighted by atomic mass is 9.85. The zero-order chi connectivity index (χ0) is 16.8. The first-order valence-electron chi connectivity index (χ1n) is 8.49. The summed E-state index contributed by atoms with van der Waals surface area (Å²) >= 11 is 0. The highest BCUT2D eigenvalue weighted by atomic mass is 16.3. The number of urea groups is 1. The zero-order valence-corrected chi connectivity index (χ0v) is 13.7. The smallest absolute Gasteiger partial charge is 0.319 e. The van der Waals surface area contributed by atoms with Gasteiger partial charge in [0.1, 0.15) is 0 Å². The second-order valence-electron chi connectivity index (χ2n) is 6.34. The third-order valence-corrected chi connectivity index (χ3v) is 4.55. The number of hydrogen-bond donors (Lipinski definition) is 3. The molecule has 1 aromatic carbocycles. The Morgan fingerprint density at radius 1 is 1.29 bits per heavy atom. The molecule has 1 saturated carbocycles. The second-order valence-corrected chi connectivity index (χ2v) is 6.34. The maximum atomic E-state index is 12.2. The van der Waals surface area contributed by atoms with Gasteiger partial charge in [-0.25, -0.2) is 4.79 Å². The second kappa shape index (κ2) is 7.97. The molecule has 3 N–H and O–H groups in total. The van der Waals surface area contributed by atoms with E-state index in [9.17, 15) is 9.90 Å². The van der Waals surface area contributed by atoms with Crippen molar-refractivity contribution in [2.45, 2.75) is 38.3 Å². The monoisotopic (exact) mass is 328 g/mol. The fourth-order valence-electron chi connectivity index (χ4n) is 3.28. The van der Waals surface area contributed by atoms with E-state index in [2.05, 4.69) is 15.7 Å². The number of carbonyl (C=O) groups is 1. The number of hydrogen-bond acceptors (Lipinski definition) is 3. The van der Waals surface area contributed by atoms with Crippen LogP contribution < -0.4 is 10.6 Å². The first kappa shape index (κ1) is 16.5. The van der Waals surface area contributed by atoms with Crippen LogP contribution in [0.15, 0.2) is 42.7 Å². The van der Waals surface area contributed by atoms with Crippen molar-refractivity contribution >= 4 is 11.7 Å². The average molecular weight is 328 g/mol. The standard InChI is InChI=1S/C18H24N4O2/c23-13-15-6-1-2-8-17(15)21-18(24)20-16-7-3-5-14(11-16)12-22-10-4-9-19-22/h3-5,7,9-11,15,17,23H,1-2,6,8,12-13H2,(H2,20,21,24). The maximum Gasteiger partial charge on any atom is 0.319 e. The molecule has 0 spiro atoms. The highest BCUT2D eigenvalue weighted by molar-refractivity contribution is 5.89. The van der Waals surface area contributed by atoms with Crippen LogP contribution in [0.3, 0.4) is 0 Å². The fraction of sp³-hybridized carbons (Fsp3) is 0.444. The molecule has 1 aliphatic carbocycles. The maximum absolute atomic E-state index is 12.2. The van der Waals surface area contributed by atoms with Crippen LogP contribution in [0.2, 0.25) is 0 Å². The van der Waals surface area contributed by atoms with Crippen molar-refractivity contribution in [3.8, 4) is 0 Å². The summed E-state index contributed by atoms with van der Waals surface area (Å²) in [6.07, 6.45) is 7.78. The molecule has 0 saturated heterocycles. The predicted molar refractivity (Wildman–Crippen MR) is 92.8 cm³/mol. The van der Waals surface area contributed by atoms with Gasteiger partial charge in [0, 0.05) is 36.6 Å². The largest absolute Gasteiger partial charge is 0.396 e. The quantitative estimate of drug-likeness (QED) is 0.789. The number of aliphatic hydroxyl groups excluding tert-OH is 1. The Labute approximate surface area is 141 Å². The summed E-state index contributed by atoms with van der Waals surface area (Å²) < 4.78 is 1.84. The fourth-order valence-corrected chi connectivity index (χ4v) is 3.28. The highest BCUT2D eigenvalue weighted by Crippen LogP contribution is 2.24. The van der Waals surface area contributed by atoms with Gasteiger partial charge in [-0.1, -0.05) is 25.0 Å². The van der Waals surface area contributed by atoms with Gasteiger partial charge in [0.2, 0.25) is 0 Å². The third kappa shape index (κ3) is 4.35. The molecule has 128 valence electrons. The van der Waals surface area contributed by atoms with Gasteiger partial charge in [-0.2, -0.15) is 5.10 Å². The lowest BCUT2D eigenvalue weighted by Gasteiger charge is -2.30. The molecule has 2 unspecified atom stereocenters. The Balaban J connectivity index is 1.57. The van der Waals surface area contributed by atoms with E-state index in [1.54, 1.807) is 6.20 Å². The van der Waals surface area contributed by atoms with Gasteiger partial charge in [-0.05, 0) is 36.6 Å². The van der Waals surface area contributed by atoms with E-state index >= 15 is 0 Å². The van der Waals surface area contributed by atoms with Gasteiger partial charge < -0.3 is 15.7 Å². The number of aliphatic hydroxyl groups is 1. The summed E-state index contributed by atoms with van der Waals surface area (Å²) in [5.41, 5.74) is 1.83. The summed E-state index contributed by atoms with van der Waals surface area (Å²) in [4.78, 5) is 12.2. The summed E-state index contributed by atoms with van der Waals surface area (Å²) in [7, 11) is 0. The van der Waals surface area contributed by atoms with Crippen LogP contribution in [0.4, 0.5) is 10.5 Å². The van der Waals surface area contributed by atoms with Crippen molar-refractivity contribution in [2.24, 2.45) is 5.92 Å². The Hall–Kier alpha value is -2.34. The number of rotatable bonds is 5. The molecule has 2 amide bonds. The summed E-state index contributed by atoms with van der Waals surface area (Å²) in [6.45, 7) is 0.795. The first-order chi connectivity index (χ1) is 11.7. The molecule has 1 aliphatic rings. The van der Waals surface area contributed by atoms with Gasteiger partial charge in [0.25, 0.3) is 0 Å². The zero-order valence-electron chi connectivity index (χ0n) is 13.7. The topological polar surface area (TPSA) is 79.2 Å². The number of nitrogens with one attached hydrogen (secondary N) is 2. The van der Waals surface area contributed by atoms with Crippen molar-refractivity contribution in [2.75, 3.05) is 11.9 Å². The SMILES string of the molecule is O=C(Nc1cccc(Cn2cccn2)c1)NC1CCCCC1CO. The van der Waals surface area contributed by atoms with Crippen LogP contribution >= 0.6 is 0 Å². The molecule has 6 nitrogen and oxygen atoms in total. The molecule has 3 rings (SSSR count). The summed E-state index contributed by atoms with van der Waals surface area (Å²) in [6, 6.07) is 9.48. The Bertz CT molecular complexity index is 657. The van der Waals surface area contributed by atoms with E-state index in [1.807, 2.05) is 41.2 Å². The van der Waals surface area contributed by atoms with Gasteiger partial charge in [0.15, 0.2) is 0 Å². The molecule has 6 heteroatoms. The molecular formula is C18H24N4O2. The van der Waals surface area contributed by atoms with Crippen molar-refractivity contribution in [3.63, 3.8) is 0 Å². The van der Waals surface area contributed by atoms with Crippen LogP contribution in [-0.4, -0.2) is 33.6 Å². The molecule has 0 aliphatic heterocycles. The van der Waals surface area contributed by atoms with E-state index in [4.69, 9.17) is 0 Å². The van der Waals surface area contributed by atoms with Crippen molar-refractivity contribution in [3.05, 3.63) is 48.3 Å². The van der Waals surface area contributed by atoms with Crippen LogP contribution in [-0.2, 0) is 6.54 Å². The minimum atomic E-state index is -0.211. The van der Waals surface area contributed by atoms with Crippen molar-refractivity contribution in [1.29, 1.82) is 0 Å². The van der Waals surface area contributed by atoms with Crippen LogP contribution in [0.25, 0.3) is 0 Å². The highest BCUT2D eigenvalue weighted by Gasteiger charge is 2.25. The first-order valence-corrected chi connectivity index (χ1v) is 8.49. The minimum Gasteiger partial charge on any atom is -0.396 e. The van der Waals surface area contributed by atoms with Crippen LogP contribution in [0.5, 0.6) is 0 Å². The lowest BCUT2D eigenvalue weighted by Crippen LogP contribution is -2.45. The Morgan fingerprint density at radius 2 is 2.17 bits per heavy atom. The Morgan fingerprint density at radius 3 is 2.96 bits per heavy atom. The molecule has 24 heavy (non-hydrogen) atoms. The number of nitrogens with zero attached hydrogens (tertiary/aromatic N) is 2. The molecular weight excluding hydrogens is 304 g/mol. The van der Waals surface area contributed by atoms with E-state index in [-0.39, 0.29) is 24.6 Å². The average Bonchev–Trinajstić information content (AvgIpc) is 3.08. The Kier molecular flexibility index (Phi) is 5.48.